The zero-order valence-corrected chi connectivity index (χ0v) is 11.3. The third-order valence-electron chi connectivity index (χ3n) is 3.44. The quantitative estimate of drug-likeness (QED) is 0.769. The Morgan fingerprint density at radius 3 is 2.30 bits per heavy atom. The highest BCUT2D eigenvalue weighted by Gasteiger charge is 2.25. The smallest absolute Gasteiger partial charge is 0.256 e. The van der Waals surface area contributed by atoms with Crippen LogP contribution in [0.5, 0.6) is 0 Å². The summed E-state index contributed by atoms with van der Waals surface area (Å²) < 4.78 is 13.0. The summed E-state index contributed by atoms with van der Waals surface area (Å²) in [5.74, 6) is -0.312. The second-order valence-electron chi connectivity index (χ2n) is 5.10. The molecule has 0 radical (unpaired) electrons. The first-order valence-electron chi connectivity index (χ1n) is 6.45. The molecule has 1 aliphatic heterocycles. The Morgan fingerprint density at radius 2 is 1.65 bits per heavy atom. The van der Waals surface area contributed by atoms with Gasteiger partial charge in [-0.3, -0.25) is 4.79 Å². The topological polar surface area (TPSA) is 29.1 Å². The van der Waals surface area contributed by atoms with Crippen LogP contribution in [0.15, 0.2) is 48.0 Å². The van der Waals surface area contributed by atoms with Gasteiger partial charge in [-0.2, -0.15) is 0 Å². The SMILES string of the molecule is CC(C)=C1C(=O)Nc2ccc(-c3ccc(F)cc3)cc21. The monoisotopic (exact) mass is 267 g/mol. The normalized spacial score (nSPS) is 13.2. The Hall–Kier alpha value is -2.42. The van der Waals surface area contributed by atoms with Crippen LogP contribution in [-0.4, -0.2) is 5.91 Å². The Kier molecular flexibility index (Phi) is 2.90. The second-order valence-corrected chi connectivity index (χ2v) is 5.10. The second kappa shape index (κ2) is 4.60. The van der Waals surface area contributed by atoms with Gasteiger partial charge in [0.05, 0.1) is 0 Å². The van der Waals surface area contributed by atoms with Gasteiger partial charge >= 0.3 is 0 Å². The number of hydrogen-bond acceptors (Lipinski definition) is 1. The molecule has 2 aromatic carbocycles. The fourth-order valence-corrected chi connectivity index (χ4v) is 2.49. The van der Waals surface area contributed by atoms with Crippen LogP contribution in [0, 0.1) is 5.82 Å². The van der Waals surface area contributed by atoms with Crippen LogP contribution >= 0.6 is 0 Å². The number of fused-ring (bicyclic) bond motifs is 1. The van der Waals surface area contributed by atoms with E-state index in [4.69, 9.17) is 0 Å². The van der Waals surface area contributed by atoms with Crippen LogP contribution in [0.25, 0.3) is 16.7 Å². The number of benzene rings is 2. The van der Waals surface area contributed by atoms with Gasteiger partial charge in [0, 0.05) is 16.8 Å². The van der Waals surface area contributed by atoms with Gasteiger partial charge in [-0.15, -0.1) is 0 Å². The first-order valence-corrected chi connectivity index (χ1v) is 6.45. The Balaban J connectivity index is 2.13. The van der Waals surface area contributed by atoms with Crippen molar-refractivity contribution in [3.63, 3.8) is 0 Å². The molecule has 0 saturated carbocycles. The molecular weight excluding hydrogens is 253 g/mol. The molecule has 1 heterocycles. The van der Waals surface area contributed by atoms with Crippen LogP contribution in [-0.2, 0) is 4.79 Å². The van der Waals surface area contributed by atoms with Crippen molar-refractivity contribution >= 4 is 17.2 Å². The Morgan fingerprint density at radius 1 is 1.00 bits per heavy atom. The van der Waals surface area contributed by atoms with E-state index >= 15 is 0 Å². The van der Waals surface area contributed by atoms with Gasteiger partial charge in [-0.1, -0.05) is 23.8 Å². The van der Waals surface area contributed by atoms with Gasteiger partial charge in [0.25, 0.3) is 5.91 Å². The maximum atomic E-state index is 13.0. The lowest BCUT2D eigenvalue weighted by Gasteiger charge is -2.06. The van der Waals surface area contributed by atoms with Gasteiger partial charge in [0.15, 0.2) is 0 Å². The first kappa shape index (κ1) is 12.6. The number of hydrogen-bond donors (Lipinski definition) is 1. The first-order chi connectivity index (χ1) is 9.56. The standard InChI is InChI=1S/C17H14FNO/c1-10(2)16-14-9-12(5-8-15(14)19-17(16)20)11-3-6-13(18)7-4-11/h3-9H,1-2H3,(H,19,20). The predicted molar refractivity (Wildman–Crippen MR) is 78.7 cm³/mol. The Labute approximate surface area is 116 Å². The van der Waals surface area contributed by atoms with E-state index in [1.54, 1.807) is 12.1 Å². The molecule has 0 unspecified atom stereocenters. The number of amides is 1. The molecule has 2 aromatic rings. The van der Waals surface area contributed by atoms with Gasteiger partial charge in [-0.05, 0) is 49.2 Å². The van der Waals surface area contributed by atoms with Crippen molar-refractivity contribution in [3.05, 3.63) is 59.4 Å². The molecule has 3 rings (SSSR count). The lowest BCUT2D eigenvalue weighted by atomic mass is 9.97. The average molecular weight is 267 g/mol. The van der Waals surface area contributed by atoms with Gasteiger partial charge < -0.3 is 5.32 Å². The zero-order chi connectivity index (χ0) is 14.3. The molecule has 0 fully saturated rings. The molecule has 3 heteroatoms. The molecular formula is C17H14FNO. The highest BCUT2D eigenvalue weighted by Crippen LogP contribution is 2.36. The third kappa shape index (κ3) is 2.01. The van der Waals surface area contributed by atoms with Crippen LogP contribution in [0.3, 0.4) is 0 Å². The fraction of sp³-hybridized carbons (Fsp3) is 0.118. The van der Waals surface area contributed by atoms with Crippen LogP contribution in [0.1, 0.15) is 19.4 Å². The average Bonchev–Trinajstić information content (AvgIpc) is 2.74. The van der Waals surface area contributed by atoms with Gasteiger partial charge in [0.2, 0.25) is 0 Å². The van der Waals surface area contributed by atoms with Gasteiger partial charge in [0.1, 0.15) is 5.82 Å². The maximum absolute atomic E-state index is 13.0. The summed E-state index contributed by atoms with van der Waals surface area (Å²) in [6.45, 7) is 3.85. The largest absolute Gasteiger partial charge is 0.321 e. The van der Waals surface area contributed by atoms with Crippen molar-refractivity contribution in [1.29, 1.82) is 0 Å². The van der Waals surface area contributed by atoms with Crippen molar-refractivity contribution in [2.45, 2.75) is 13.8 Å². The molecule has 1 N–H and O–H groups in total. The van der Waals surface area contributed by atoms with E-state index < -0.39 is 0 Å². The summed E-state index contributed by atoms with van der Waals surface area (Å²) in [5.41, 5.74) is 5.36. The van der Waals surface area contributed by atoms with E-state index in [1.807, 2.05) is 32.0 Å². The molecule has 0 atom stereocenters. The van der Waals surface area contributed by atoms with Crippen LogP contribution in [0.4, 0.5) is 10.1 Å². The summed E-state index contributed by atoms with van der Waals surface area (Å²) in [6.07, 6.45) is 0. The molecule has 100 valence electrons. The summed E-state index contributed by atoms with van der Waals surface area (Å²) >= 11 is 0. The number of anilines is 1. The minimum absolute atomic E-state index is 0.0590. The highest BCUT2D eigenvalue weighted by molar-refractivity contribution is 6.32. The molecule has 0 spiro atoms. The fourth-order valence-electron chi connectivity index (χ4n) is 2.49. The summed E-state index contributed by atoms with van der Waals surface area (Å²) in [7, 11) is 0. The van der Waals surface area contributed by atoms with E-state index in [0.717, 1.165) is 33.5 Å². The summed E-state index contributed by atoms with van der Waals surface area (Å²) in [6, 6.07) is 12.2. The molecule has 2 nitrogen and oxygen atoms in total. The zero-order valence-electron chi connectivity index (χ0n) is 11.3. The van der Waals surface area contributed by atoms with Crippen molar-refractivity contribution in [2.75, 3.05) is 5.32 Å². The van der Waals surface area contributed by atoms with Crippen LogP contribution in [0.2, 0.25) is 0 Å². The maximum Gasteiger partial charge on any atom is 0.256 e. The van der Waals surface area contributed by atoms with Crippen molar-refractivity contribution < 1.29 is 9.18 Å². The number of carbonyl (C=O) groups is 1. The van der Waals surface area contributed by atoms with Crippen molar-refractivity contribution in [1.82, 2.24) is 0 Å². The number of carbonyl (C=O) groups excluding carboxylic acids is 1. The van der Waals surface area contributed by atoms with Gasteiger partial charge in [-0.25, -0.2) is 4.39 Å². The van der Waals surface area contributed by atoms with E-state index in [9.17, 15) is 9.18 Å². The molecule has 0 aromatic heterocycles. The molecule has 0 aliphatic carbocycles. The van der Waals surface area contributed by atoms with Crippen molar-refractivity contribution in [3.8, 4) is 11.1 Å². The molecule has 1 amide bonds. The highest BCUT2D eigenvalue weighted by atomic mass is 19.1. The van der Waals surface area contributed by atoms with E-state index in [0.29, 0.717) is 0 Å². The van der Waals surface area contributed by atoms with E-state index in [1.165, 1.54) is 12.1 Å². The Bertz CT molecular complexity index is 725. The van der Waals surface area contributed by atoms with E-state index in [2.05, 4.69) is 5.32 Å². The lowest BCUT2D eigenvalue weighted by molar-refractivity contribution is -0.110. The molecule has 0 bridgehead atoms. The number of allylic oxidation sites excluding steroid dienone is 1. The molecule has 20 heavy (non-hydrogen) atoms. The molecule has 1 aliphatic rings. The predicted octanol–water partition coefficient (Wildman–Crippen LogP) is 4.24. The molecule has 0 saturated heterocycles. The minimum atomic E-state index is -0.253. The van der Waals surface area contributed by atoms with Crippen molar-refractivity contribution in [2.24, 2.45) is 0 Å². The number of nitrogens with one attached hydrogen (secondary N) is 1. The lowest BCUT2D eigenvalue weighted by Crippen LogP contribution is -2.04. The van der Waals surface area contributed by atoms with E-state index in [-0.39, 0.29) is 11.7 Å². The number of halogens is 1. The third-order valence-corrected chi connectivity index (χ3v) is 3.44. The summed E-state index contributed by atoms with van der Waals surface area (Å²) in [5, 5.41) is 2.86. The minimum Gasteiger partial charge on any atom is -0.321 e. The number of rotatable bonds is 1. The summed E-state index contributed by atoms with van der Waals surface area (Å²) in [4.78, 5) is 11.9. The van der Waals surface area contributed by atoms with Crippen LogP contribution < -0.4 is 5.32 Å².